The molecule has 23 heavy (non-hydrogen) atoms. The number of likely N-dealkylation sites (N-methyl/N-ethyl adjacent to an activating group) is 1. The quantitative estimate of drug-likeness (QED) is 0.867. The van der Waals surface area contributed by atoms with Gasteiger partial charge in [-0.1, -0.05) is 5.16 Å². The van der Waals surface area contributed by atoms with Crippen LogP contribution in [0.3, 0.4) is 0 Å². The summed E-state index contributed by atoms with van der Waals surface area (Å²) >= 11 is 0. The summed E-state index contributed by atoms with van der Waals surface area (Å²) in [5.74, 6) is 0.473. The van der Waals surface area contributed by atoms with Crippen molar-refractivity contribution in [2.24, 2.45) is 0 Å². The van der Waals surface area contributed by atoms with E-state index in [0.29, 0.717) is 18.6 Å². The highest BCUT2D eigenvalue weighted by Crippen LogP contribution is 2.25. The maximum absolute atomic E-state index is 13.0. The summed E-state index contributed by atoms with van der Waals surface area (Å²) in [6.45, 7) is 3.40. The first-order valence-corrected chi connectivity index (χ1v) is 7.79. The highest BCUT2D eigenvalue weighted by atomic mass is 19.1. The standard InChI is InChI=1S/C17H20FN3O2/c1-20-8-10-21(11-9-20)16(22)7-4-14-12-19-23-17(14)13-2-5-15(18)6-3-13/h2-3,5-6,12H,4,7-11H2,1H3. The van der Waals surface area contributed by atoms with Crippen molar-refractivity contribution in [3.05, 3.63) is 41.8 Å². The van der Waals surface area contributed by atoms with E-state index in [1.807, 2.05) is 4.90 Å². The summed E-state index contributed by atoms with van der Waals surface area (Å²) in [6, 6.07) is 6.08. The van der Waals surface area contributed by atoms with Crippen molar-refractivity contribution in [1.82, 2.24) is 15.0 Å². The molecule has 0 spiro atoms. The SMILES string of the molecule is CN1CCN(C(=O)CCc2cnoc2-c2ccc(F)cc2)CC1. The fraction of sp³-hybridized carbons (Fsp3) is 0.412. The van der Waals surface area contributed by atoms with E-state index >= 15 is 0 Å². The predicted octanol–water partition coefficient (Wildman–Crippen LogP) is 2.19. The van der Waals surface area contributed by atoms with Gasteiger partial charge in [0.25, 0.3) is 0 Å². The Labute approximate surface area is 134 Å². The molecule has 1 aromatic heterocycles. The Hall–Kier alpha value is -2.21. The molecule has 2 aromatic rings. The second-order valence-electron chi connectivity index (χ2n) is 5.87. The van der Waals surface area contributed by atoms with Crippen molar-refractivity contribution in [3.63, 3.8) is 0 Å². The molecule has 0 aliphatic carbocycles. The van der Waals surface area contributed by atoms with Gasteiger partial charge < -0.3 is 14.3 Å². The molecule has 6 heteroatoms. The van der Waals surface area contributed by atoms with Gasteiger partial charge in [-0.3, -0.25) is 4.79 Å². The molecule has 122 valence electrons. The summed E-state index contributed by atoms with van der Waals surface area (Å²) in [7, 11) is 2.06. The van der Waals surface area contributed by atoms with E-state index in [0.717, 1.165) is 37.3 Å². The molecule has 0 N–H and O–H groups in total. The van der Waals surface area contributed by atoms with Gasteiger partial charge in [0, 0.05) is 43.7 Å². The van der Waals surface area contributed by atoms with E-state index in [-0.39, 0.29) is 11.7 Å². The molecule has 0 unspecified atom stereocenters. The molecular weight excluding hydrogens is 297 g/mol. The van der Waals surface area contributed by atoms with Crippen LogP contribution in [0.15, 0.2) is 35.0 Å². The van der Waals surface area contributed by atoms with Crippen molar-refractivity contribution in [2.45, 2.75) is 12.8 Å². The number of piperazine rings is 1. The van der Waals surface area contributed by atoms with E-state index in [4.69, 9.17) is 4.52 Å². The lowest BCUT2D eigenvalue weighted by molar-refractivity contribution is -0.132. The Morgan fingerprint density at radius 3 is 2.61 bits per heavy atom. The highest BCUT2D eigenvalue weighted by molar-refractivity contribution is 5.77. The summed E-state index contributed by atoms with van der Waals surface area (Å²) in [4.78, 5) is 16.4. The van der Waals surface area contributed by atoms with Gasteiger partial charge in [0.1, 0.15) is 5.82 Å². The van der Waals surface area contributed by atoms with Crippen LogP contribution in [-0.2, 0) is 11.2 Å². The topological polar surface area (TPSA) is 49.6 Å². The number of hydrogen-bond donors (Lipinski definition) is 0. The van der Waals surface area contributed by atoms with E-state index in [2.05, 4.69) is 17.1 Å². The molecule has 0 bridgehead atoms. The molecule has 1 amide bonds. The van der Waals surface area contributed by atoms with Gasteiger partial charge in [0.15, 0.2) is 5.76 Å². The van der Waals surface area contributed by atoms with Crippen molar-refractivity contribution in [2.75, 3.05) is 33.2 Å². The predicted molar refractivity (Wildman–Crippen MR) is 84.3 cm³/mol. The van der Waals surface area contributed by atoms with E-state index < -0.39 is 0 Å². The van der Waals surface area contributed by atoms with Crippen LogP contribution in [0.4, 0.5) is 4.39 Å². The Kier molecular flexibility index (Phi) is 4.71. The van der Waals surface area contributed by atoms with Crippen molar-refractivity contribution < 1.29 is 13.7 Å². The van der Waals surface area contributed by atoms with E-state index in [9.17, 15) is 9.18 Å². The minimum Gasteiger partial charge on any atom is -0.356 e. The van der Waals surface area contributed by atoms with Crippen LogP contribution in [0.1, 0.15) is 12.0 Å². The maximum atomic E-state index is 13.0. The smallest absolute Gasteiger partial charge is 0.222 e. The molecule has 1 aliphatic rings. The summed E-state index contributed by atoms with van der Waals surface area (Å²) in [5, 5.41) is 3.82. The molecule has 1 aliphatic heterocycles. The Morgan fingerprint density at radius 1 is 1.22 bits per heavy atom. The molecule has 3 rings (SSSR count). The zero-order chi connectivity index (χ0) is 16.2. The van der Waals surface area contributed by atoms with Gasteiger partial charge in [-0.2, -0.15) is 0 Å². The van der Waals surface area contributed by atoms with Gasteiger partial charge in [-0.05, 0) is 37.7 Å². The average Bonchev–Trinajstić information content (AvgIpc) is 3.02. The first-order valence-electron chi connectivity index (χ1n) is 7.79. The average molecular weight is 317 g/mol. The number of amides is 1. The maximum Gasteiger partial charge on any atom is 0.222 e. The molecule has 0 saturated carbocycles. The van der Waals surface area contributed by atoms with Gasteiger partial charge in [-0.25, -0.2) is 4.39 Å². The van der Waals surface area contributed by atoms with Crippen LogP contribution in [0.5, 0.6) is 0 Å². The molecular formula is C17H20FN3O2. The van der Waals surface area contributed by atoms with Crippen LogP contribution in [0, 0.1) is 5.82 Å². The molecule has 0 atom stereocenters. The molecule has 2 heterocycles. The van der Waals surface area contributed by atoms with Crippen LogP contribution in [0.25, 0.3) is 11.3 Å². The molecule has 1 saturated heterocycles. The van der Waals surface area contributed by atoms with E-state index in [1.165, 1.54) is 12.1 Å². The molecule has 5 nitrogen and oxygen atoms in total. The number of hydrogen-bond acceptors (Lipinski definition) is 4. The molecule has 1 aromatic carbocycles. The Balaban J connectivity index is 1.62. The van der Waals surface area contributed by atoms with Crippen molar-refractivity contribution in [3.8, 4) is 11.3 Å². The van der Waals surface area contributed by atoms with E-state index in [1.54, 1.807) is 18.3 Å². The minimum atomic E-state index is -0.292. The fourth-order valence-corrected chi connectivity index (χ4v) is 2.73. The lowest BCUT2D eigenvalue weighted by Gasteiger charge is -2.32. The number of carbonyl (C=O) groups is 1. The largest absolute Gasteiger partial charge is 0.356 e. The van der Waals surface area contributed by atoms with Gasteiger partial charge in [-0.15, -0.1) is 0 Å². The third-order valence-corrected chi connectivity index (χ3v) is 4.21. The molecule has 1 fully saturated rings. The third kappa shape index (κ3) is 3.76. The Morgan fingerprint density at radius 2 is 1.91 bits per heavy atom. The van der Waals surface area contributed by atoms with Crippen LogP contribution in [0.2, 0.25) is 0 Å². The first kappa shape index (κ1) is 15.7. The monoisotopic (exact) mass is 317 g/mol. The number of halogens is 1. The van der Waals surface area contributed by atoms with Crippen LogP contribution < -0.4 is 0 Å². The summed E-state index contributed by atoms with van der Waals surface area (Å²) in [6.07, 6.45) is 2.64. The van der Waals surface area contributed by atoms with Gasteiger partial charge >= 0.3 is 0 Å². The highest BCUT2D eigenvalue weighted by Gasteiger charge is 2.20. The normalized spacial score (nSPS) is 15.8. The zero-order valence-electron chi connectivity index (χ0n) is 13.2. The van der Waals surface area contributed by atoms with Gasteiger partial charge in [0.2, 0.25) is 5.91 Å². The summed E-state index contributed by atoms with van der Waals surface area (Å²) < 4.78 is 18.3. The number of aromatic nitrogens is 1. The van der Waals surface area contributed by atoms with Crippen LogP contribution in [-0.4, -0.2) is 54.1 Å². The minimum absolute atomic E-state index is 0.157. The lowest BCUT2D eigenvalue weighted by Crippen LogP contribution is -2.47. The number of nitrogens with zero attached hydrogens (tertiary/aromatic N) is 3. The first-order chi connectivity index (χ1) is 11.1. The van der Waals surface area contributed by atoms with Gasteiger partial charge in [0.05, 0.1) is 6.20 Å². The zero-order valence-corrected chi connectivity index (χ0v) is 13.2. The summed E-state index contributed by atoms with van der Waals surface area (Å²) in [5.41, 5.74) is 1.64. The second kappa shape index (κ2) is 6.91. The van der Waals surface area contributed by atoms with Crippen molar-refractivity contribution >= 4 is 5.91 Å². The number of benzene rings is 1. The second-order valence-corrected chi connectivity index (χ2v) is 5.87. The number of carbonyl (C=O) groups excluding carboxylic acids is 1. The fourth-order valence-electron chi connectivity index (χ4n) is 2.73. The Bertz CT molecular complexity index is 661. The number of aryl methyl sites for hydroxylation is 1. The molecule has 0 radical (unpaired) electrons. The lowest BCUT2D eigenvalue weighted by atomic mass is 10.0. The van der Waals surface area contributed by atoms with Crippen LogP contribution >= 0.6 is 0 Å². The third-order valence-electron chi connectivity index (χ3n) is 4.21. The number of rotatable bonds is 4. The van der Waals surface area contributed by atoms with Crippen molar-refractivity contribution in [1.29, 1.82) is 0 Å².